The molecule has 0 radical (unpaired) electrons. The van der Waals surface area contributed by atoms with Gasteiger partial charge in [0.15, 0.2) is 5.78 Å². The summed E-state index contributed by atoms with van der Waals surface area (Å²) in [6, 6.07) is 0. The first kappa shape index (κ1) is 9.38. The number of fused-ring (bicyclic) bond motifs is 5. The molecule has 0 heterocycles. The molecule has 0 aliphatic heterocycles. The van der Waals surface area contributed by atoms with Crippen LogP contribution in [0.2, 0.25) is 0 Å². The van der Waals surface area contributed by atoms with Crippen LogP contribution < -0.4 is 0 Å². The molecule has 4 atom stereocenters. The van der Waals surface area contributed by atoms with Crippen LogP contribution in [0.1, 0.15) is 27.2 Å². The SMILES string of the molecule is CC(C)(C)[C@@]12C=C[C@@H](C1=O)[C@@H]1CC=C[C@@H]12. The molecule has 1 heteroatoms. The molecule has 2 bridgehead atoms. The smallest absolute Gasteiger partial charge is 0.151 e. The van der Waals surface area contributed by atoms with E-state index in [0.29, 0.717) is 17.6 Å². The largest absolute Gasteiger partial charge is 0.298 e. The molecule has 1 fully saturated rings. The predicted octanol–water partition coefficient (Wildman–Crippen LogP) is 2.98. The van der Waals surface area contributed by atoms with Crippen LogP contribution in [-0.4, -0.2) is 5.78 Å². The van der Waals surface area contributed by atoms with E-state index in [1.807, 2.05) is 0 Å². The summed E-state index contributed by atoms with van der Waals surface area (Å²) in [7, 11) is 0. The topological polar surface area (TPSA) is 17.1 Å². The Bertz CT molecular complexity index is 383. The molecule has 15 heavy (non-hydrogen) atoms. The van der Waals surface area contributed by atoms with Gasteiger partial charge >= 0.3 is 0 Å². The quantitative estimate of drug-likeness (QED) is 0.552. The Kier molecular flexibility index (Phi) is 1.53. The van der Waals surface area contributed by atoms with E-state index in [1.165, 1.54) is 0 Å². The van der Waals surface area contributed by atoms with Gasteiger partial charge in [-0.15, -0.1) is 0 Å². The first-order valence-electron chi connectivity index (χ1n) is 5.89. The summed E-state index contributed by atoms with van der Waals surface area (Å²) >= 11 is 0. The van der Waals surface area contributed by atoms with Crippen LogP contribution in [0, 0.1) is 28.6 Å². The summed E-state index contributed by atoms with van der Waals surface area (Å²) in [6.45, 7) is 6.60. The van der Waals surface area contributed by atoms with Gasteiger partial charge in [0, 0.05) is 5.92 Å². The van der Waals surface area contributed by atoms with Gasteiger partial charge < -0.3 is 0 Å². The van der Waals surface area contributed by atoms with Crippen LogP contribution in [0.5, 0.6) is 0 Å². The maximum atomic E-state index is 12.5. The number of rotatable bonds is 0. The molecule has 1 nitrogen and oxygen atoms in total. The van der Waals surface area contributed by atoms with Crippen LogP contribution in [0.25, 0.3) is 0 Å². The molecule has 0 spiro atoms. The molecule has 1 saturated carbocycles. The molecular weight excluding hydrogens is 184 g/mol. The van der Waals surface area contributed by atoms with Crippen molar-refractivity contribution in [3.8, 4) is 0 Å². The number of carbonyl (C=O) groups is 1. The molecule has 0 aromatic rings. The van der Waals surface area contributed by atoms with Crippen molar-refractivity contribution in [2.45, 2.75) is 27.2 Å². The maximum absolute atomic E-state index is 12.5. The Morgan fingerprint density at radius 1 is 1.33 bits per heavy atom. The van der Waals surface area contributed by atoms with Crippen molar-refractivity contribution in [1.29, 1.82) is 0 Å². The minimum absolute atomic E-state index is 0.0451. The molecule has 80 valence electrons. The lowest BCUT2D eigenvalue weighted by Crippen LogP contribution is -2.41. The highest BCUT2D eigenvalue weighted by Crippen LogP contribution is 2.64. The van der Waals surface area contributed by atoms with Crippen molar-refractivity contribution in [3.05, 3.63) is 24.3 Å². The first-order valence-corrected chi connectivity index (χ1v) is 5.89. The van der Waals surface area contributed by atoms with E-state index in [9.17, 15) is 4.79 Å². The third kappa shape index (κ3) is 0.839. The first-order chi connectivity index (χ1) is 6.98. The Hall–Kier alpha value is -0.850. The molecule has 0 saturated heterocycles. The van der Waals surface area contributed by atoms with Crippen molar-refractivity contribution in [2.24, 2.45) is 28.6 Å². The Balaban J connectivity index is 2.18. The average molecular weight is 202 g/mol. The summed E-state index contributed by atoms with van der Waals surface area (Å²) in [5.74, 6) is 1.74. The minimum Gasteiger partial charge on any atom is -0.298 e. The monoisotopic (exact) mass is 202 g/mol. The van der Waals surface area contributed by atoms with Crippen molar-refractivity contribution < 1.29 is 4.79 Å². The minimum atomic E-state index is -0.199. The van der Waals surface area contributed by atoms with Crippen LogP contribution in [0.4, 0.5) is 0 Å². The van der Waals surface area contributed by atoms with E-state index in [4.69, 9.17) is 0 Å². The summed E-state index contributed by atoms with van der Waals surface area (Å²) in [6.07, 6.45) is 10.0. The third-order valence-electron chi connectivity index (χ3n) is 4.72. The number of hydrogen-bond donors (Lipinski definition) is 0. The molecule has 0 aromatic carbocycles. The molecule has 0 unspecified atom stereocenters. The molecule has 0 amide bonds. The molecule has 0 N–H and O–H groups in total. The van der Waals surface area contributed by atoms with Gasteiger partial charge in [0.1, 0.15) is 0 Å². The van der Waals surface area contributed by atoms with Crippen LogP contribution in [0.3, 0.4) is 0 Å². The second-order valence-corrected chi connectivity index (χ2v) is 6.22. The Labute approximate surface area is 91.2 Å². The lowest BCUT2D eigenvalue weighted by molar-refractivity contribution is -0.129. The number of ketones is 1. The maximum Gasteiger partial charge on any atom is 0.151 e. The summed E-state index contributed by atoms with van der Waals surface area (Å²) in [4.78, 5) is 12.5. The van der Waals surface area contributed by atoms with Crippen molar-refractivity contribution >= 4 is 5.78 Å². The zero-order chi connectivity index (χ0) is 10.8. The van der Waals surface area contributed by atoms with E-state index in [-0.39, 0.29) is 16.7 Å². The van der Waals surface area contributed by atoms with Crippen LogP contribution in [-0.2, 0) is 4.79 Å². The third-order valence-corrected chi connectivity index (χ3v) is 4.72. The normalized spacial score (nSPS) is 46.6. The van der Waals surface area contributed by atoms with Gasteiger partial charge in [-0.2, -0.15) is 0 Å². The van der Waals surface area contributed by atoms with Crippen molar-refractivity contribution in [2.75, 3.05) is 0 Å². The highest BCUT2D eigenvalue weighted by atomic mass is 16.1. The molecule has 3 aliphatic carbocycles. The van der Waals surface area contributed by atoms with Gasteiger partial charge in [0.2, 0.25) is 0 Å². The average Bonchev–Trinajstić information content (AvgIpc) is 2.74. The summed E-state index contributed by atoms with van der Waals surface area (Å²) in [5.41, 5.74) is -0.154. The fourth-order valence-corrected chi connectivity index (χ4v) is 3.96. The highest BCUT2D eigenvalue weighted by Gasteiger charge is 2.65. The molecule has 0 aromatic heterocycles. The second kappa shape index (κ2) is 2.45. The summed E-state index contributed by atoms with van der Waals surface area (Å²) < 4.78 is 0. The van der Waals surface area contributed by atoms with Gasteiger partial charge in [-0.3, -0.25) is 4.79 Å². The standard InChI is InChI=1S/C14H18O/c1-13(2,3)14-8-7-10(12(14)15)9-5-4-6-11(9)14/h4,6-11H,5H2,1-3H3/t9-,10+,11-,14+/m0/s1. The van der Waals surface area contributed by atoms with Gasteiger partial charge in [-0.25, -0.2) is 0 Å². The molecule has 3 rings (SSSR count). The van der Waals surface area contributed by atoms with E-state index in [2.05, 4.69) is 45.1 Å². The van der Waals surface area contributed by atoms with E-state index in [1.54, 1.807) is 0 Å². The summed E-state index contributed by atoms with van der Waals surface area (Å²) in [5, 5.41) is 0. The van der Waals surface area contributed by atoms with Crippen LogP contribution >= 0.6 is 0 Å². The number of hydrogen-bond acceptors (Lipinski definition) is 1. The van der Waals surface area contributed by atoms with Crippen molar-refractivity contribution in [1.82, 2.24) is 0 Å². The van der Waals surface area contributed by atoms with Gasteiger partial charge in [-0.05, 0) is 23.7 Å². The molecule has 3 aliphatic rings. The van der Waals surface area contributed by atoms with Crippen molar-refractivity contribution in [3.63, 3.8) is 0 Å². The second-order valence-electron chi connectivity index (χ2n) is 6.22. The zero-order valence-corrected chi connectivity index (χ0v) is 9.66. The number of carbonyl (C=O) groups excluding carboxylic acids is 1. The van der Waals surface area contributed by atoms with Gasteiger partial charge in [0.05, 0.1) is 5.41 Å². The number of allylic oxidation sites excluding steroid dienone is 4. The Morgan fingerprint density at radius 2 is 2.07 bits per heavy atom. The van der Waals surface area contributed by atoms with E-state index in [0.717, 1.165) is 6.42 Å². The molecular formula is C14H18O. The van der Waals surface area contributed by atoms with E-state index < -0.39 is 0 Å². The predicted molar refractivity (Wildman–Crippen MR) is 60.3 cm³/mol. The fraction of sp³-hybridized carbons (Fsp3) is 0.643. The highest BCUT2D eigenvalue weighted by molar-refractivity contribution is 5.97. The van der Waals surface area contributed by atoms with Crippen LogP contribution in [0.15, 0.2) is 24.3 Å². The lowest BCUT2D eigenvalue weighted by atomic mass is 9.60. The fourth-order valence-electron chi connectivity index (χ4n) is 3.96. The lowest BCUT2D eigenvalue weighted by Gasteiger charge is -2.41. The van der Waals surface area contributed by atoms with Gasteiger partial charge in [0.25, 0.3) is 0 Å². The number of Topliss-reactive ketones (excluding diaryl/α,β-unsaturated/α-hetero) is 1. The van der Waals surface area contributed by atoms with Gasteiger partial charge in [-0.1, -0.05) is 45.1 Å². The van der Waals surface area contributed by atoms with E-state index >= 15 is 0 Å². The zero-order valence-electron chi connectivity index (χ0n) is 9.66. The Morgan fingerprint density at radius 3 is 2.73 bits per heavy atom.